The van der Waals surface area contributed by atoms with E-state index in [9.17, 15) is 0 Å². The highest BCUT2D eigenvalue weighted by molar-refractivity contribution is 5.09. The van der Waals surface area contributed by atoms with E-state index in [1.807, 2.05) is 6.20 Å². The van der Waals surface area contributed by atoms with Gasteiger partial charge in [0.05, 0.1) is 0 Å². The monoisotopic (exact) mass is 208 g/mol. The van der Waals surface area contributed by atoms with Crippen LogP contribution in [0.5, 0.6) is 0 Å². The molecule has 0 aliphatic rings. The molecule has 0 radical (unpaired) electrons. The van der Waals surface area contributed by atoms with Gasteiger partial charge in [0.25, 0.3) is 0 Å². The van der Waals surface area contributed by atoms with Gasteiger partial charge in [-0.1, -0.05) is 27.7 Å². The zero-order valence-electron chi connectivity index (χ0n) is 10.5. The summed E-state index contributed by atoms with van der Waals surface area (Å²) in [5, 5.41) is 0. The lowest BCUT2D eigenvalue weighted by Gasteiger charge is -2.11. The normalized spacial score (nSPS) is 11.6. The number of nitrogens with one attached hydrogen (secondary N) is 1. The zero-order valence-corrected chi connectivity index (χ0v) is 10.5. The molecule has 0 fully saturated rings. The first-order valence-electron chi connectivity index (χ1n) is 6.31. The number of hydrogen-bond acceptors (Lipinski definition) is 1. The predicted octanol–water partition coefficient (Wildman–Crippen LogP) is 4.22. The lowest BCUT2D eigenvalue weighted by Crippen LogP contribution is -2.00. The maximum absolute atomic E-state index is 4.52. The van der Waals surface area contributed by atoms with Crippen LogP contribution in [0.3, 0.4) is 0 Å². The Bertz CT molecular complexity index is 243. The quantitative estimate of drug-likeness (QED) is 0.745. The first-order chi connectivity index (χ1) is 7.26. The van der Waals surface area contributed by atoms with Crippen molar-refractivity contribution < 1.29 is 0 Å². The highest BCUT2D eigenvalue weighted by Gasteiger charge is 2.14. The van der Waals surface area contributed by atoms with Crippen LogP contribution in [0.15, 0.2) is 6.20 Å². The molecule has 2 nitrogen and oxygen atoms in total. The smallest absolute Gasteiger partial charge is 0.109 e. The van der Waals surface area contributed by atoms with E-state index in [0.717, 1.165) is 0 Å². The molecule has 1 aromatic heterocycles. The van der Waals surface area contributed by atoms with Crippen LogP contribution in [-0.2, 0) is 0 Å². The van der Waals surface area contributed by atoms with Crippen LogP contribution in [0.4, 0.5) is 0 Å². The molecule has 1 N–H and O–H groups in total. The standard InChI is InChI=1S/C13H24N2/c1-5-10(6-2)12-9-14-13(15-12)11(7-3)8-4/h9-11H,5-8H2,1-4H3,(H,14,15). The lowest BCUT2D eigenvalue weighted by atomic mass is 10.0. The van der Waals surface area contributed by atoms with Crippen LogP contribution in [0, 0.1) is 0 Å². The third kappa shape index (κ3) is 2.83. The van der Waals surface area contributed by atoms with Crippen molar-refractivity contribution in [2.45, 2.75) is 65.2 Å². The number of aromatic amines is 1. The lowest BCUT2D eigenvalue weighted by molar-refractivity contribution is 0.594. The van der Waals surface area contributed by atoms with Gasteiger partial charge in [-0.05, 0) is 25.7 Å². The zero-order chi connectivity index (χ0) is 11.3. The number of rotatable bonds is 6. The molecule has 0 aromatic carbocycles. The van der Waals surface area contributed by atoms with Crippen LogP contribution in [0.2, 0.25) is 0 Å². The minimum absolute atomic E-state index is 0.605. The van der Waals surface area contributed by atoms with Crippen molar-refractivity contribution >= 4 is 0 Å². The number of hydrogen-bond donors (Lipinski definition) is 1. The number of aromatic nitrogens is 2. The molecule has 1 rings (SSSR count). The molecule has 0 unspecified atom stereocenters. The van der Waals surface area contributed by atoms with Crippen LogP contribution in [0.1, 0.15) is 76.7 Å². The Balaban J connectivity index is 2.78. The molecule has 0 bridgehead atoms. The second-order valence-corrected chi connectivity index (χ2v) is 4.25. The summed E-state index contributed by atoms with van der Waals surface area (Å²) in [6, 6.07) is 0. The highest BCUT2D eigenvalue weighted by atomic mass is 14.9. The number of nitrogens with zero attached hydrogens (tertiary/aromatic N) is 1. The van der Waals surface area contributed by atoms with Gasteiger partial charge in [0, 0.05) is 23.7 Å². The summed E-state index contributed by atoms with van der Waals surface area (Å²) in [7, 11) is 0. The minimum Gasteiger partial charge on any atom is -0.345 e. The minimum atomic E-state index is 0.605. The summed E-state index contributed by atoms with van der Waals surface area (Å²) in [4.78, 5) is 8.03. The maximum Gasteiger partial charge on any atom is 0.109 e. The fourth-order valence-electron chi connectivity index (χ4n) is 2.17. The van der Waals surface area contributed by atoms with E-state index in [-0.39, 0.29) is 0 Å². The van der Waals surface area contributed by atoms with Gasteiger partial charge in [0.2, 0.25) is 0 Å². The summed E-state index contributed by atoms with van der Waals surface area (Å²) >= 11 is 0. The third-order valence-electron chi connectivity index (χ3n) is 3.41. The van der Waals surface area contributed by atoms with E-state index >= 15 is 0 Å². The second-order valence-electron chi connectivity index (χ2n) is 4.25. The molecular formula is C13H24N2. The molecule has 0 saturated carbocycles. The van der Waals surface area contributed by atoms with Crippen molar-refractivity contribution in [1.29, 1.82) is 0 Å². The molecule has 1 heterocycles. The van der Waals surface area contributed by atoms with Crippen molar-refractivity contribution in [3.8, 4) is 0 Å². The first kappa shape index (κ1) is 12.3. The van der Waals surface area contributed by atoms with Crippen LogP contribution >= 0.6 is 0 Å². The molecule has 86 valence electrons. The average Bonchev–Trinajstić information content (AvgIpc) is 2.71. The molecule has 0 atom stereocenters. The van der Waals surface area contributed by atoms with Crippen molar-refractivity contribution in [2.24, 2.45) is 0 Å². The number of H-pyrrole nitrogens is 1. The summed E-state index contributed by atoms with van der Waals surface area (Å²) < 4.78 is 0. The first-order valence-corrected chi connectivity index (χ1v) is 6.31. The van der Waals surface area contributed by atoms with Gasteiger partial charge < -0.3 is 4.98 Å². The van der Waals surface area contributed by atoms with Crippen molar-refractivity contribution in [3.63, 3.8) is 0 Å². The summed E-state index contributed by atoms with van der Waals surface area (Å²) in [5.74, 6) is 2.44. The van der Waals surface area contributed by atoms with Crippen LogP contribution < -0.4 is 0 Å². The SMILES string of the molecule is CCC(CC)c1cnc(C(CC)CC)[nH]1. The summed E-state index contributed by atoms with van der Waals surface area (Å²) in [5.41, 5.74) is 1.32. The van der Waals surface area contributed by atoms with Gasteiger partial charge in [-0.15, -0.1) is 0 Å². The van der Waals surface area contributed by atoms with E-state index in [2.05, 4.69) is 37.7 Å². The molecule has 0 saturated heterocycles. The second kappa shape index (κ2) is 5.94. The van der Waals surface area contributed by atoms with Crippen molar-refractivity contribution in [3.05, 3.63) is 17.7 Å². The van der Waals surface area contributed by atoms with E-state index in [1.165, 1.54) is 37.2 Å². The van der Waals surface area contributed by atoms with Gasteiger partial charge >= 0.3 is 0 Å². The molecule has 0 amide bonds. The van der Waals surface area contributed by atoms with E-state index in [4.69, 9.17) is 0 Å². The predicted molar refractivity (Wildman–Crippen MR) is 65.2 cm³/mol. The van der Waals surface area contributed by atoms with Gasteiger partial charge in [-0.25, -0.2) is 4.98 Å². The molecular weight excluding hydrogens is 184 g/mol. The Kier molecular flexibility index (Phi) is 4.86. The van der Waals surface area contributed by atoms with E-state index in [0.29, 0.717) is 11.8 Å². The Morgan fingerprint density at radius 3 is 2.00 bits per heavy atom. The molecule has 0 spiro atoms. The Hall–Kier alpha value is -0.790. The van der Waals surface area contributed by atoms with E-state index < -0.39 is 0 Å². The average molecular weight is 208 g/mol. The topological polar surface area (TPSA) is 28.7 Å². The van der Waals surface area contributed by atoms with Crippen molar-refractivity contribution in [1.82, 2.24) is 9.97 Å². The summed E-state index contributed by atoms with van der Waals surface area (Å²) in [6.07, 6.45) is 6.77. The fourth-order valence-corrected chi connectivity index (χ4v) is 2.17. The Morgan fingerprint density at radius 1 is 1.00 bits per heavy atom. The van der Waals surface area contributed by atoms with Crippen LogP contribution in [-0.4, -0.2) is 9.97 Å². The highest BCUT2D eigenvalue weighted by Crippen LogP contribution is 2.25. The number of imidazole rings is 1. The Labute approximate surface area is 93.5 Å². The maximum atomic E-state index is 4.52. The van der Waals surface area contributed by atoms with Gasteiger partial charge in [0.1, 0.15) is 5.82 Å². The molecule has 1 aromatic rings. The molecule has 2 heteroatoms. The molecule has 15 heavy (non-hydrogen) atoms. The van der Waals surface area contributed by atoms with Crippen LogP contribution in [0.25, 0.3) is 0 Å². The van der Waals surface area contributed by atoms with Gasteiger partial charge in [-0.3, -0.25) is 0 Å². The van der Waals surface area contributed by atoms with E-state index in [1.54, 1.807) is 0 Å². The van der Waals surface area contributed by atoms with Gasteiger partial charge in [-0.2, -0.15) is 0 Å². The fraction of sp³-hybridized carbons (Fsp3) is 0.769. The molecule has 0 aliphatic carbocycles. The third-order valence-corrected chi connectivity index (χ3v) is 3.41. The van der Waals surface area contributed by atoms with Gasteiger partial charge in [0.15, 0.2) is 0 Å². The Morgan fingerprint density at radius 2 is 1.53 bits per heavy atom. The largest absolute Gasteiger partial charge is 0.345 e. The summed E-state index contributed by atoms with van der Waals surface area (Å²) in [6.45, 7) is 8.94. The van der Waals surface area contributed by atoms with Crippen molar-refractivity contribution in [2.75, 3.05) is 0 Å². The molecule has 0 aliphatic heterocycles.